The van der Waals surface area contributed by atoms with Crippen LogP contribution in [0.15, 0.2) is 54.6 Å². The van der Waals surface area contributed by atoms with Crippen molar-refractivity contribution in [3.63, 3.8) is 0 Å². The van der Waals surface area contributed by atoms with Gasteiger partial charge in [-0.25, -0.2) is 9.59 Å². The van der Waals surface area contributed by atoms with E-state index in [4.69, 9.17) is 14.2 Å². The summed E-state index contributed by atoms with van der Waals surface area (Å²) in [6.45, 7) is 1.34. The van der Waals surface area contributed by atoms with Crippen LogP contribution in [0.25, 0.3) is 12.2 Å². The maximum Gasteiger partial charge on any atom is 0.330 e. The summed E-state index contributed by atoms with van der Waals surface area (Å²) in [7, 11) is 1.42. The van der Waals surface area contributed by atoms with Crippen LogP contribution in [0.1, 0.15) is 16.7 Å². The molecular formula is C23H24O7. The largest absolute Gasteiger partial charge is 0.504 e. The summed E-state index contributed by atoms with van der Waals surface area (Å²) in [6.07, 6.45) is 4.38. The number of ether oxygens (including phenoxy) is 3. The Morgan fingerprint density at radius 1 is 0.933 bits per heavy atom. The molecule has 2 aromatic carbocycles. The van der Waals surface area contributed by atoms with Gasteiger partial charge in [0.15, 0.2) is 11.5 Å². The van der Waals surface area contributed by atoms with Crippen LogP contribution in [0.5, 0.6) is 11.5 Å². The minimum atomic E-state index is -1.15. The van der Waals surface area contributed by atoms with Crippen LogP contribution in [-0.4, -0.2) is 48.6 Å². The van der Waals surface area contributed by atoms with Crippen LogP contribution in [0.2, 0.25) is 0 Å². The van der Waals surface area contributed by atoms with Gasteiger partial charge in [0.25, 0.3) is 0 Å². The van der Waals surface area contributed by atoms with Crippen molar-refractivity contribution in [2.45, 2.75) is 13.0 Å². The molecule has 0 bridgehead atoms. The summed E-state index contributed by atoms with van der Waals surface area (Å²) in [4.78, 5) is 23.4. The molecule has 1 atom stereocenters. The summed E-state index contributed by atoms with van der Waals surface area (Å²) >= 11 is 0. The zero-order valence-corrected chi connectivity index (χ0v) is 16.8. The first-order valence-electron chi connectivity index (χ1n) is 9.19. The molecular weight excluding hydrogens is 388 g/mol. The first kappa shape index (κ1) is 22.7. The Balaban J connectivity index is 1.71. The minimum Gasteiger partial charge on any atom is -0.504 e. The van der Waals surface area contributed by atoms with Crippen molar-refractivity contribution < 1.29 is 34.0 Å². The molecule has 0 spiro atoms. The zero-order chi connectivity index (χ0) is 21.9. The fraction of sp³-hybridized carbons (Fsp3) is 0.217. The lowest BCUT2D eigenvalue weighted by Gasteiger charge is -2.10. The van der Waals surface area contributed by atoms with Crippen LogP contribution in [0.3, 0.4) is 0 Å². The Morgan fingerprint density at radius 2 is 1.47 bits per heavy atom. The highest BCUT2D eigenvalue weighted by Crippen LogP contribution is 2.26. The number of carbonyl (C=O) groups is 2. The van der Waals surface area contributed by atoms with E-state index in [9.17, 15) is 19.8 Å². The van der Waals surface area contributed by atoms with Gasteiger partial charge in [-0.15, -0.1) is 0 Å². The molecule has 0 heterocycles. The van der Waals surface area contributed by atoms with Crippen molar-refractivity contribution in [1.29, 1.82) is 0 Å². The van der Waals surface area contributed by atoms with Gasteiger partial charge < -0.3 is 24.4 Å². The number of aromatic hydroxyl groups is 1. The Bertz CT molecular complexity index is 914. The number of esters is 2. The quantitative estimate of drug-likeness (QED) is 0.482. The van der Waals surface area contributed by atoms with Crippen LogP contribution < -0.4 is 4.74 Å². The number of aliphatic hydroxyl groups excluding tert-OH is 1. The highest BCUT2D eigenvalue weighted by atomic mass is 16.6. The number of rotatable bonds is 9. The number of aryl methyl sites for hydroxylation is 1. The van der Waals surface area contributed by atoms with Crippen LogP contribution in [0, 0.1) is 6.92 Å². The van der Waals surface area contributed by atoms with Crippen molar-refractivity contribution in [2.24, 2.45) is 0 Å². The molecule has 0 radical (unpaired) electrons. The van der Waals surface area contributed by atoms with Gasteiger partial charge in [-0.3, -0.25) is 0 Å². The summed E-state index contributed by atoms with van der Waals surface area (Å²) in [5.74, 6) is -1.02. The van der Waals surface area contributed by atoms with E-state index in [2.05, 4.69) is 0 Å². The van der Waals surface area contributed by atoms with Crippen molar-refractivity contribution in [2.75, 3.05) is 20.3 Å². The molecule has 0 aliphatic carbocycles. The summed E-state index contributed by atoms with van der Waals surface area (Å²) in [6, 6.07) is 12.2. The fourth-order valence-corrected chi connectivity index (χ4v) is 2.30. The molecule has 158 valence electrons. The number of hydrogen-bond acceptors (Lipinski definition) is 7. The van der Waals surface area contributed by atoms with Crippen molar-refractivity contribution in [3.8, 4) is 11.5 Å². The number of carbonyl (C=O) groups excluding carboxylic acids is 2. The van der Waals surface area contributed by atoms with Crippen molar-refractivity contribution in [3.05, 3.63) is 71.3 Å². The first-order chi connectivity index (χ1) is 14.4. The van der Waals surface area contributed by atoms with E-state index in [1.807, 2.05) is 31.2 Å². The maximum absolute atomic E-state index is 11.7. The van der Waals surface area contributed by atoms with Crippen LogP contribution >= 0.6 is 0 Å². The van der Waals surface area contributed by atoms with Gasteiger partial charge >= 0.3 is 11.9 Å². The molecule has 2 aromatic rings. The van der Waals surface area contributed by atoms with E-state index in [1.54, 1.807) is 18.2 Å². The van der Waals surface area contributed by atoms with Gasteiger partial charge in [0.05, 0.1) is 7.11 Å². The summed E-state index contributed by atoms with van der Waals surface area (Å²) < 4.78 is 14.8. The highest BCUT2D eigenvalue weighted by molar-refractivity contribution is 5.87. The van der Waals surface area contributed by atoms with E-state index in [0.29, 0.717) is 5.56 Å². The maximum atomic E-state index is 11.7. The lowest BCUT2D eigenvalue weighted by atomic mass is 10.1. The molecule has 7 nitrogen and oxygen atoms in total. The zero-order valence-electron chi connectivity index (χ0n) is 16.8. The van der Waals surface area contributed by atoms with Gasteiger partial charge in [-0.05, 0) is 42.3 Å². The molecule has 30 heavy (non-hydrogen) atoms. The minimum absolute atomic E-state index is 0.0105. The molecule has 0 amide bonds. The fourth-order valence-electron chi connectivity index (χ4n) is 2.30. The average Bonchev–Trinajstić information content (AvgIpc) is 2.75. The standard InChI is InChI=1S/C23H24O7/c1-16-3-5-17(6-4-16)8-11-22(26)29-14-19(24)15-30-23(27)12-9-18-7-10-20(25)21(13-18)28-2/h3-13,19,24-25H,14-15H2,1-2H3/b11-8+,12-9+. The average molecular weight is 412 g/mol. The molecule has 2 rings (SSSR count). The molecule has 0 saturated heterocycles. The van der Waals surface area contributed by atoms with E-state index >= 15 is 0 Å². The molecule has 0 fully saturated rings. The molecule has 1 unspecified atom stereocenters. The third-order valence-electron chi connectivity index (χ3n) is 3.94. The SMILES string of the molecule is COc1cc(/C=C/C(=O)OCC(O)COC(=O)/C=C/c2ccc(C)cc2)ccc1O. The topological polar surface area (TPSA) is 102 Å². The molecule has 0 aliphatic rings. The molecule has 0 aromatic heterocycles. The number of phenolic OH excluding ortho intramolecular Hbond substituents is 1. The van der Waals surface area contributed by atoms with Gasteiger partial charge in [-0.2, -0.15) is 0 Å². The molecule has 7 heteroatoms. The monoisotopic (exact) mass is 412 g/mol. The Hall–Kier alpha value is -3.58. The van der Waals surface area contributed by atoms with Crippen molar-refractivity contribution in [1.82, 2.24) is 0 Å². The van der Waals surface area contributed by atoms with E-state index in [1.165, 1.54) is 31.4 Å². The number of phenols is 1. The van der Waals surface area contributed by atoms with Gasteiger partial charge in [-0.1, -0.05) is 35.9 Å². The highest BCUT2D eigenvalue weighted by Gasteiger charge is 2.10. The Labute approximate surface area is 174 Å². The van der Waals surface area contributed by atoms with E-state index < -0.39 is 18.0 Å². The van der Waals surface area contributed by atoms with Gasteiger partial charge in [0.1, 0.15) is 19.3 Å². The number of benzene rings is 2. The number of hydrogen-bond donors (Lipinski definition) is 2. The third-order valence-corrected chi connectivity index (χ3v) is 3.94. The Morgan fingerprint density at radius 3 is 2.03 bits per heavy atom. The normalized spacial score (nSPS) is 12.1. The second-order valence-electron chi connectivity index (χ2n) is 6.42. The second-order valence-corrected chi connectivity index (χ2v) is 6.42. The number of methoxy groups -OCH3 is 1. The summed E-state index contributed by atoms with van der Waals surface area (Å²) in [5.41, 5.74) is 2.59. The second kappa shape index (κ2) is 11.4. The summed E-state index contributed by atoms with van der Waals surface area (Å²) in [5, 5.41) is 19.3. The lowest BCUT2D eigenvalue weighted by Crippen LogP contribution is -2.24. The van der Waals surface area contributed by atoms with E-state index in [-0.39, 0.29) is 24.7 Å². The van der Waals surface area contributed by atoms with Crippen molar-refractivity contribution >= 4 is 24.1 Å². The van der Waals surface area contributed by atoms with Gasteiger partial charge in [0.2, 0.25) is 0 Å². The smallest absolute Gasteiger partial charge is 0.330 e. The molecule has 0 saturated carbocycles. The predicted molar refractivity (Wildman–Crippen MR) is 112 cm³/mol. The van der Waals surface area contributed by atoms with Gasteiger partial charge in [0, 0.05) is 12.2 Å². The van der Waals surface area contributed by atoms with E-state index in [0.717, 1.165) is 11.1 Å². The lowest BCUT2D eigenvalue weighted by molar-refractivity contribution is -0.146. The molecule has 0 aliphatic heterocycles. The van der Waals surface area contributed by atoms with Crippen LogP contribution in [-0.2, 0) is 19.1 Å². The third kappa shape index (κ3) is 7.81. The number of aliphatic hydroxyl groups is 1. The molecule has 2 N–H and O–H groups in total. The first-order valence-corrected chi connectivity index (χ1v) is 9.19. The predicted octanol–water partition coefficient (Wildman–Crippen LogP) is 2.88. The Kier molecular flexibility index (Phi) is 8.65. The van der Waals surface area contributed by atoms with Crippen LogP contribution in [0.4, 0.5) is 0 Å².